The van der Waals surface area contributed by atoms with Gasteiger partial charge in [-0.2, -0.15) is 0 Å². The highest BCUT2D eigenvalue weighted by molar-refractivity contribution is 7.47. The van der Waals surface area contributed by atoms with Crippen molar-refractivity contribution in [3.05, 3.63) is 0 Å². The minimum atomic E-state index is -4.95. The molecule has 0 radical (unpaired) electrons. The molecule has 0 aromatic carbocycles. The first-order chi connectivity index (χ1) is 44.3. The van der Waals surface area contributed by atoms with Crippen LogP contribution in [0.4, 0.5) is 0 Å². The van der Waals surface area contributed by atoms with Crippen molar-refractivity contribution in [2.75, 3.05) is 39.6 Å². The van der Waals surface area contributed by atoms with Gasteiger partial charge >= 0.3 is 39.5 Å². The van der Waals surface area contributed by atoms with Gasteiger partial charge in [0.05, 0.1) is 26.4 Å². The quantitative estimate of drug-likeness (QED) is 0.0222. The molecular formula is C73H142O17P2. The van der Waals surface area contributed by atoms with Crippen LogP contribution in [0, 0.1) is 17.8 Å². The maximum absolute atomic E-state index is 13.0. The average molecular weight is 1350 g/mol. The molecule has 3 N–H and O–H groups in total. The van der Waals surface area contributed by atoms with E-state index < -0.39 is 97.5 Å². The molecule has 7 atom stereocenters. The lowest BCUT2D eigenvalue weighted by atomic mass is 9.99. The van der Waals surface area contributed by atoms with Gasteiger partial charge in [0.1, 0.15) is 19.3 Å². The van der Waals surface area contributed by atoms with Gasteiger partial charge in [-0.1, -0.05) is 318 Å². The number of hydrogen-bond acceptors (Lipinski definition) is 15. The van der Waals surface area contributed by atoms with Gasteiger partial charge < -0.3 is 33.8 Å². The fourth-order valence-corrected chi connectivity index (χ4v) is 12.6. The molecule has 0 bridgehead atoms. The number of phosphoric ester groups is 2. The second-order valence-electron chi connectivity index (χ2n) is 27.3. The lowest BCUT2D eigenvalue weighted by molar-refractivity contribution is -0.161. The Kier molecular flexibility index (Phi) is 62.4. The van der Waals surface area contributed by atoms with Crippen molar-refractivity contribution in [1.29, 1.82) is 0 Å². The summed E-state index contributed by atoms with van der Waals surface area (Å²) in [5, 5.41) is 10.6. The first-order valence-corrected chi connectivity index (χ1v) is 40.9. The van der Waals surface area contributed by atoms with Crippen molar-refractivity contribution >= 4 is 39.5 Å². The standard InChI is InChI=1S/C73H142O17P2/c1-8-11-12-37-47-54-70(75)83-60-68(89-72(77)57-50-43-36-30-24-22-27-33-40-46-53-66(7)10-3)62-87-91(79,80)85-58-67(74)59-86-92(81,82)88-63-69(61-84-71(76)55-48-41-34-28-23-21-26-32-39-45-52-65(6)9-2)90-73(78)56-49-42-35-29-20-18-16-14-13-15-17-19-25-31-38-44-51-64(4)5/h64-69,74H,8-63H2,1-7H3,(H,79,80)(H,81,82)/t65?,66?,67-,68+,69+/m0/s1. The largest absolute Gasteiger partial charge is 0.472 e. The lowest BCUT2D eigenvalue weighted by Gasteiger charge is -2.21. The van der Waals surface area contributed by atoms with Crippen LogP contribution in [0.1, 0.15) is 370 Å². The molecule has 546 valence electrons. The Balaban J connectivity index is 5.15. The monoisotopic (exact) mass is 1350 g/mol. The average Bonchev–Trinajstić information content (AvgIpc) is 3.22. The Morgan fingerprint density at radius 2 is 0.554 bits per heavy atom. The molecule has 0 heterocycles. The highest BCUT2D eigenvalue weighted by Crippen LogP contribution is 2.45. The van der Waals surface area contributed by atoms with Gasteiger partial charge in [-0.05, 0) is 43.4 Å². The zero-order valence-electron chi connectivity index (χ0n) is 60.0. The van der Waals surface area contributed by atoms with Crippen LogP contribution in [0.3, 0.4) is 0 Å². The maximum Gasteiger partial charge on any atom is 0.472 e. The van der Waals surface area contributed by atoms with Crippen LogP contribution in [0.2, 0.25) is 0 Å². The molecule has 0 spiro atoms. The molecule has 19 heteroatoms. The predicted molar refractivity (Wildman–Crippen MR) is 372 cm³/mol. The van der Waals surface area contributed by atoms with Gasteiger partial charge in [-0.3, -0.25) is 37.3 Å². The van der Waals surface area contributed by atoms with Crippen molar-refractivity contribution in [2.24, 2.45) is 17.8 Å². The van der Waals surface area contributed by atoms with Crippen LogP contribution in [-0.2, 0) is 65.4 Å². The molecule has 0 aliphatic rings. The fraction of sp³-hybridized carbons (Fsp3) is 0.945. The summed E-state index contributed by atoms with van der Waals surface area (Å²) in [6.07, 6.45) is 48.8. The Labute approximate surface area is 562 Å². The van der Waals surface area contributed by atoms with Crippen LogP contribution in [0.15, 0.2) is 0 Å². The second kappa shape index (κ2) is 63.8. The molecule has 0 rings (SSSR count). The molecule has 0 amide bonds. The number of carbonyl (C=O) groups excluding carboxylic acids is 4. The third-order valence-electron chi connectivity index (χ3n) is 17.6. The summed E-state index contributed by atoms with van der Waals surface area (Å²) < 4.78 is 68.2. The summed E-state index contributed by atoms with van der Waals surface area (Å²) >= 11 is 0. The molecule has 0 saturated carbocycles. The van der Waals surface area contributed by atoms with E-state index in [0.29, 0.717) is 25.7 Å². The fourth-order valence-electron chi connectivity index (χ4n) is 11.0. The van der Waals surface area contributed by atoms with Crippen LogP contribution in [0.25, 0.3) is 0 Å². The normalized spacial score (nSPS) is 14.7. The summed E-state index contributed by atoms with van der Waals surface area (Å²) in [6.45, 7) is 11.9. The Hall–Kier alpha value is -1.94. The second-order valence-corrected chi connectivity index (χ2v) is 30.2. The number of esters is 4. The summed E-state index contributed by atoms with van der Waals surface area (Å²) in [4.78, 5) is 72.4. The van der Waals surface area contributed by atoms with Crippen molar-refractivity contribution < 1.29 is 80.2 Å². The van der Waals surface area contributed by atoms with E-state index in [1.165, 1.54) is 173 Å². The van der Waals surface area contributed by atoms with Crippen LogP contribution in [0.5, 0.6) is 0 Å². The minimum Gasteiger partial charge on any atom is -0.462 e. The highest BCUT2D eigenvalue weighted by atomic mass is 31.2. The Morgan fingerprint density at radius 1 is 0.315 bits per heavy atom. The third kappa shape index (κ3) is 64.1. The molecule has 0 saturated heterocycles. The molecule has 0 aliphatic heterocycles. The van der Waals surface area contributed by atoms with Gasteiger partial charge in [0.15, 0.2) is 12.2 Å². The third-order valence-corrected chi connectivity index (χ3v) is 19.5. The molecule has 0 aliphatic carbocycles. The summed E-state index contributed by atoms with van der Waals surface area (Å²) in [6, 6.07) is 0. The number of rotatable bonds is 71. The van der Waals surface area contributed by atoms with E-state index in [1.54, 1.807) is 0 Å². The molecule has 92 heavy (non-hydrogen) atoms. The first-order valence-electron chi connectivity index (χ1n) is 37.9. The van der Waals surface area contributed by atoms with Crippen molar-refractivity contribution in [2.45, 2.75) is 388 Å². The van der Waals surface area contributed by atoms with Crippen LogP contribution >= 0.6 is 15.6 Å². The highest BCUT2D eigenvalue weighted by Gasteiger charge is 2.30. The van der Waals surface area contributed by atoms with Crippen molar-refractivity contribution in [3.8, 4) is 0 Å². The number of carbonyl (C=O) groups is 4. The number of ether oxygens (including phenoxy) is 4. The number of aliphatic hydroxyl groups is 1. The minimum absolute atomic E-state index is 0.105. The van der Waals surface area contributed by atoms with Crippen molar-refractivity contribution in [3.63, 3.8) is 0 Å². The SMILES string of the molecule is CCCCCCCC(=O)OC[C@H](COP(=O)(O)OC[C@H](O)COP(=O)(O)OC[C@@H](COC(=O)CCCCCCCCCCCCC(C)CC)OC(=O)CCCCCCCCCCCCCCCCCCC(C)C)OC(=O)CCCCCCCCCCCCC(C)CC. The molecule has 0 aromatic heterocycles. The van der Waals surface area contributed by atoms with E-state index in [9.17, 15) is 43.2 Å². The van der Waals surface area contributed by atoms with Gasteiger partial charge in [-0.15, -0.1) is 0 Å². The summed E-state index contributed by atoms with van der Waals surface area (Å²) in [5.41, 5.74) is 0. The smallest absolute Gasteiger partial charge is 0.462 e. The van der Waals surface area contributed by atoms with Gasteiger partial charge in [-0.25, -0.2) is 9.13 Å². The number of aliphatic hydroxyl groups excluding tert-OH is 1. The predicted octanol–water partition coefficient (Wildman–Crippen LogP) is 21.0. The molecule has 4 unspecified atom stereocenters. The molecule has 0 aromatic rings. The van der Waals surface area contributed by atoms with Crippen LogP contribution < -0.4 is 0 Å². The first kappa shape index (κ1) is 90.1. The summed E-state index contributed by atoms with van der Waals surface area (Å²) in [5.74, 6) is 0.289. The van der Waals surface area contributed by atoms with E-state index in [1.807, 2.05) is 0 Å². The van der Waals surface area contributed by atoms with Gasteiger partial charge in [0.25, 0.3) is 0 Å². The van der Waals surface area contributed by atoms with Crippen molar-refractivity contribution in [1.82, 2.24) is 0 Å². The van der Waals surface area contributed by atoms with E-state index in [-0.39, 0.29) is 25.7 Å². The Morgan fingerprint density at radius 3 is 0.826 bits per heavy atom. The van der Waals surface area contributed by atoms with E-state index in [0.717, 1.165) is 114 Å². The van der Waals surface area contributed by atoms with Gasteiger partial charge in [0.2, 0.25) is 0 Å². The van der Waals surface area contributed by atoms with Crippen LogP contribution in [-0.4, -0.2) is 96.7 Å². The number of phosphoric acid groups is 2. The zero-order chi connectivity index (χ0) is 68.0. The molecule has 0 fully saturated rings. The maximum atomic E-state index is 13.0. The van der Waals surface area contributed by atoms with E-state index >= 15 is 0 Å². The number of unbranched alkanes of at least 4 members (excludes halogenated alkanes) is 37. The van der Waals surface area contributed by atoms with Gasteiger partial charge in [0, 0.05) is 25.7 Å². The number of hydrogen-bond donors (Lipinski definition) is 3. The van der Waals surface area contributed by atoms with E-state index in [2.05, 4.69) is 48.5 Å². The van der Waals surface area contributed by atoms with E-state index in [4.69, 9.17) is 37.0 Å². The zero-order valence-corrected chi connectivity index (χ0v) is 61.8. The Bertz CT molecular complexity index is 1810. The molecular weight excluding hydrogens is 1210 g/mol. The molecule has 17 nitrogen and oxygen atoms in total. The lowest BCUT2D eigenvalue weighted by Crippen LogP contribution is -2.30. The summed E-state index contributed by atoms with van der Waals surface area (Å²) in [7, 11) is -9.90. The topological polar surface area (TPSA) is 237 Å².